The van der Waals surface area contributed by atoms with Crippen LogP contribution in [0.25, 0.3) is 0 Å². The third-order valence-corrected chi connectivity index (χ3v) is 7.04. The molecule has 1 saturated carbocycles. The second-order valence-corrected chi connectivity index (χ2v) is 8.55. The number of benzene rings is 2. The number of hydrogen-bond acceptors (Lipinski definition) is 2. The molecule has 0 unspecified atom stereocenters. The summed E-state index contributed by atoms with van der Waals surface area (Å²) in [5.74, 6) is 0.182. The molecular formula is C23H28N3O+. The van der Waals surface area contributed by atoms with Crippen LogP contribution in [0.4, 0.5) is 5.69 Å². The maximum atomic E-state index is 13.7. The SMILES string of the molecule is [NH3+][C@]12Nc3ccccc3[C@]1(Cc1ccccc1)CN(C1CCCCC1)C2=O. The Labute approximate surface area is 160 Å². The number of para-hydroxylation sites is 1. The lowest BCUT2D eigenvalue weighted by molar-refractivity contribution is -0.459. The van der Waals surface area contributed by atoms with Crippen LogP contribution in [-0.4, -0.2) is 29.1 Å². The van der Waals surface area contributed by atoms with E-state index in [4.69, 9.17) is 0 Å². The van der Waals surface area contributed by atoms with Crippen LogP contribution in [0.2, 0.25) is 0 Å². The third kappa shape index (κ3) is 2.36. The molecule has 2 atom stereocenters. The maximum absolute atomic E-state index is 13.7. The Morgan fingerprint density at radius 2 is 1.70 bits per heavy atom. The van der Waals surface area contributed by atoms with Crippen LogP contribution in [0.15, 0.2) is 54.6 Å². The number of quaternary nitrogens is 1. The molecule has 0 spiro atoms. The zero-order valence-electron chi connectivity index (χ0n) is 15.8. The molecule has 5 rings (SSSR count). The highest BCUT2D eigenvalue weighted by Gasteiger charge is 2.70. The van der Waals surface area contributed by atoms with E-state index in [0.29, 0.717) is 6.04 Å². The molecule has 1 amide bonds. The second-order valence-electron chi connectivity index (χ2n) is 8.55. The zero-order valence-corrected chi connectivity index (χ0v) is 15.8. The summed E-state index contributed by atoms with van der Waals surface area (Å²) < 4.78 is 0. The highest BCUT2D eigenvalue weighted by atomic mass is 16.2. The Morgan fingerprint density at radius 1 is 1.00 bits per heavy atom. The van der Waals surface area contributed by atoms with Gasteiger partial charge in [-0.2, -0.15) is 0 Å². The Bertz CT molecular complexity index is 861. The van der Waals surface area contributed by atoms with Crippen LogP contribution in [0, 0.1) is 0 Å². The van der Waals surface area contributed by atoms with Crippen molar-refractivity contribution in [3.05, 3.63) is 65.7 Å². The smallest absolute Gasteiger partial charge is 0.307 e. The average molecular weight is 362 g/mol. The molecule has 2 aliphatic heterocycles. The minimum atomic E-state index is -0.816. The summed E-state index contributed by atoms with van der Waals surface area (Å²) >= 11 is 0. The molecular weight excluding hydrogens is 334 g/mol. The van der Waals surface area contributed by atoms with Crippen molar-refractivity contribution >= 4 is 11.6 Å². The van der Waals surface area contributed by atoms with Gasteiger partial charge in [0.1, 0.15) is 5.41 Å². The van der Waals surface area contributed by atoms with E-state index < -0.39 is 5.66 Å². The first-order chi connectivity index (χ1) is 13.1. The molecule has 2 fully saturated rings. The van der Waals surface area contributed by atoms with E-state index >= 15 is 0 Å². The second kappa shape index (κ2) is 6.10. The van der Waals surface area contributed by atoms with Crippen molar-refractivity contribution in [1.29, 1.82) is 0 Å². The van der Waals surface area contributed by atoms with Crippen molar-refractivity contribution in [2.45, 2.75) is 55.6 Å². The first kappa shape index (κ1) is 16.8. The molecule has 2 aromatic carbocycles. The number of hydrogen-bond donors (Lipinski definition) is 2. The number of fused-ring (bicyclic) bond motifs is 3. The predicted octanol–water partition coefficient (Wildman–Crippen LogP) is 2.71. The minimum Gasteiger partial charge on any atom is -0.331 e. The Kier molecular flexibility index (Phi) is 3.80. The van der Waals surface area contributed by atoms with E-state index in [1.165, 1.54) is 30.4 Å². The van der Waals surface area contributed by atoms with E-state index in [1.54, 1.807) is 0 Å². The highest BCUT2D eigenvalue weighted by Crippen LogP contribution is 2.52. The number of likely N-dealkylation sites (tertiary alicyclic amines) is 1. The van der Waals surface area contributed by atoms with E-state index in [9.17, 15) is 4.79 Å². The van der Waals surface area contributed by atoms with Crippen LogP contribution in [-0.2, 0) is 16.6 Å². The zero-order chi connectivity index (χ0) is 18.5. The number of nitrogens with zero attached hydrogens (tertiary/aromatic N) is 1. The first-order valence-electron chi connectivity index (χ1n) is 10.2. The quantitative estimate of drug-likeness (QED) is 0.882. The van der Waals surface area contributed by atoms with Crippen LogP contribution in [0.3, 0.4) is 0 Å². The molecule has 140 valence electrons. The van der Waals surface area contributed by atoms with Crippen molar-refractivity contribution in [2.75, 3.05) is 11.9 Å². The summed E-state index contributed by atoms with van der Waals surface area (Å²) in [5, 5.41) is 3.55. The largest absolute Gasteiger partial charge is 0.331 e. The Hall–Kier alpha value is -2.33. The standard InChI is InChI=1S/C23H27N3O/c24-23-21(27)26(18-11-5-2-6-12-18)16-22(23,15-17-9-3-1-4-10-17)19-13-7-8-14-20(19)25-23/h1,3-4,7-10,13-14,18,25H,2,5-6,11-12,15-16,24H2/p+1/t22-,23+/m0/s1. The van der Waals surface area contributed by atoms with Gasteiger partial charge in [-0.05, 0) is 36.5 Å². The van der Waals surface area contributed by atoms with Crippen LogP contribution in [0.5, 0.6) is 0 Å². The fraction of sp³-hybridized carbons (Fsp3) is 0.435. The fourth-order valence-corrected chi connectivity index (χ4v) is 5.61. The van der Waals surface area contributed by atoms with E-state index in [-0.39, 0.29) is 11.3 Å². The maximum Gasteiger partial charge on any atom is 0.307 e. The number of rotatable bonds is 3. The number of nitrogens with one attached hydrogen (secondary N) is 1. The summed E-state index contributed by atoms with van der Waals surface area (Å²) in [6.07, 6.45) is 6.85. The number of amides is 1. The topological polar surface area (TPSA) is 60.0 Å². The molecule has 4 nitrogen and oxygen atoms in total. The molecule has 1 aliphatic carbocycles. The number of carbonyl (C=O) groups is 1. The highest BCUT2D eigenvalue weighted by molar-refractivity contribution is 5.96. The summed E-state index contributed by atoms with van der Waals surface area (Å²) in [6, 6.07) is 19.3. The summed E-state index contributed by atoms with van der Waals surface area (Å²) in [5.41, 5.74) is 6.98. The molecule has 2 heterocycles. The molecule has 4 heteroatoms. The van der Waals surface area contributed by atoms with E-state index in [1.807, 2.05) is 12.1 Å². The molecule has 1 saturated heterocycles. The van der Waals surface area contributed by atoms with Crippen molar-refractivity contribution in [3.63, 3.8) is 0 Å². The molecule has 3 aliphatic rings. The lowest BCUT2D eigenvalue weighted by Gasteiger charge is -2.33. The Balaban J connectivity index is 1.61. The first-order valence-corrected chi connectivity index (χ1v) is 10.2. The molecule has 0 bridgehead atoms. The van der Waals surface area contributed by atoms with Gasteiger partial charge in [-0.1, -0.05) is 67.8 Å². The average Bonchev–Trinajstić information content (AvgIpc) is 3.08. The number of carbonyl (C=O) groups excluding carboxylic acids is 1. The van der Waals surface area contributed by atoms with Crippen molar-refractivity contribution in [3.8, 4) is 0 Å². The fourth-order valence-electron chi connectivity index (χ4n) is 5.61. The van der Waals surface area contributed by atoms with Gasteiger partial charge < -0.3 is 16.0 Å². The summed E-state index contributed by atoms with van der Waals surface area (Å²) in [6.45, 7) is 0.763. The van der Waals surface area contributed by atoms with Gasteiger partial charge in [-0.15, -0.1) is 0 Å². The summed E-state index contributed by atoms with van der Waals surface area (Å²) in [4.78, 5) is 15.8. The molecule has 4 N–H and O–H groups in total. The van der Waals surface area contributed by atoms with Gasteiger partial charge in [0.05, 0.1) is 0 Å². The predicted molar refractivity (Wildman–Crippen MR) is 106 cm³/mol. The monoisotopic (exact) mass is 362 g/mol. The minimum absolute atomic E-state index is 0.182. The van der Waals surface area contributed by atoms with Crippen molar-refractivity contribution in [2.24, 2.45) is 0 Å². The van der Waals surface area contributed by atoms with Crippen molar-refractivity contribution < 1.29 is 10.5 Å². The van der Waals surface area contributed by atoms with Gasteiger partial charge >= 0.3 is 5.91 Å². The van der Waals surface area contributed by atoms with E-state index in [2.05, 4.69) is 58.4 Å². The molecule has 0 radical (unpaired) electrons. The van der Waals surface area contributed by atoms with Gasteiger partial charge in [-0.3, -0.25) is 4.79 Å². The lowest BCUT2D eigenvalue weighted by atomic mass is 9.70. The lowest BCUT2D eigenvalue weighted by Crippen LogP contribution is -2.85. The van der Waals surface area contributed by atoms with Crippen LogP contribution < -0.4 is 11.1 Å². The van der Waals surface area contributed by atoms with Gasteiger partial charge in [0, 0.05) is 18.3 Å². The molecule has 2 aromatic rings. The Morgan fingerprint density at radius 3 is 2.48 bits per heavy atom. The van der Waals surface area contributed by atoms with Crippen LogP contribution >= 0.6 is 0 Å². The van der Waals surface area contributed by atoms with Gasteiger partial charge in [0.25, 0.3) is 5.66 Å². The van der Waals surface area contributed by atoms with Gasteiger partial charge in [0.2, 0.25) is 0 Å². The number of anilines is 1. The summed E-state index contributed by atoms with van der Waals surface area (Å²) in [7, 11) is 0. The van der Waals surface area contributed by atoms with Crippen molar-refractivity contribution in [1.82, 2.24) is 4.90 Å². The van der Waals surface area contributed by atoms with E-state index in [0.717, 1.165) is 31.5 Å². The molecule has 27 heavy (non-hydrogen) atoms. The van der Waals surface area contributed by atoms with Crippen LogP contribution in [0.1, 0.15) is 43.2 Å². The third-order valence-electron chi connectivity index (χ3n) is 7.04. The molecule has 0 aromatic heterocycles. The normalized spacial score (nSPS) is 30.1. The van der Waals surface area contributed by atoms with Gasteiger partial charge in [0.15, 0.2) is 0 Å². The van der Waals surface area contributed by atoms with Gasteiger partial charge in [-0.25, -0.2) is 0 Å².